The van der Waals surface area contributed by atoms with E-state index in [1.807, 2.05) is 0 Å². The molecule has 0 aromatic heterocycles. The predicted molar refractivity (Wildman–Crippen MR) is 57.0 cm³/mol. The van der Waals surface area contributed by atoms with Gasteiger partial charge in [0, 0.05) is 6.42 Å². The zero-order valence-corrected chi connectivity index (χ0v) is 9.66. The van der Waals surface area contributed by atoms with Crippen molar-refractivity contribution >= 4 is 11.9 Å². The van der Waals surface area contributed by atoms with Crippen LogP contribution in [0.2, 0.25) is 0 Å². The molecule has 2 aliphatic carbocycles. The summed E-state index contributed by atoms with van der Waals surface area (Å²) >= 11 is 0. The Labute approximate surface area is 95.3 Å². The van der Waals surface area contributed by atoms with E-state index in [4.69, 9.17) is 4.74 Å². The smallest absolute Gasteiger partial charge is 0.435 e. The fraction of sp³-hybridized carbons (Fsp3) is 0.833. The molecule has 0 radical (unpaired) electrons. The molecule has 2 aliphatic rings. The molecular weight excluding hydrogens is 208 g/mol. The number of ether oxygens (including phenoxy) is 2. The van der Waals surface area contributed by atoms with Gasteiger partial charge in [-0.25, -0.2) is 4.79 Å². The molecular formula is C12H18O4. The van der Waals surface area contributed by atoms with Gasteiger partial charge in [-0.05, 0) is 38.0 Å². The van der Waals surface area contributed by atoms with Crippen molar-refractivity contribution in [1.82, 2.24) is 0 Å². The molecule has 0 amide bonds. The van der Waals surface area contributed by atoms with Crippen LogP contribution in [0, 0.1) is 5.41 Å². The van der Waals surface area contributed by atoms with E-state index in [1.165, 1.54) is 6.42 Å². The highest BCUT2D eigenvalue weighted by Gasteiger charge is 2.45. The van der Waals surface area contributed by atoms with E-state index in [-0.39, 0.29) is 17.8 Å². The van der Waals surface area contributed by atoms with Gasteiger partial charge in [0.15, 0.2) is 11.9 Å². The molecule has 0 bridgehead atoms. The van der Waals surface area contributed by atoms with E-state index in [1.54, 1.807) is 6.92 Å². The van der Waals surface area contributed by atoms with Gasteiger partial charge >= 0.3 is 6.16 Å². The zero-order valence-electron chi connectivity index (χ0n) is 9.66. The topological polar surface area (TPSA) is 52.6 Å². The summed E-state index contributed by atoms with van der Waals surface area (Å²) in [5.74, 6) is 0.0685. The summed E-state index contributed by atoms with van der Waals surface area (Å²) < 4.78 is 9.67. The fourth-order valence-corrected chi connectivity index (χ4v) is 2.67. The third-order valence-corrected chi connectivity index (χ3v) is 3.76. The molecule has 1 atom stereocenters. The molecule has 0 heterocycles. The Bertz CT molecular complexity index is 293. The molecule has 4 heteroatoms. The first-order valence-electron chi connectivity index (χ1n) is 6.01. The maximum Gasteiger partial charge on any atom is 0.508 e. The van der Waals surface area contributed by atoms with E-state index in [0.717, 1.165) is 19.3 Å². The zero-order chi connectivity index (χ0) is 11.6. The quantitative estimate of drug-likeness (QED) is 0.679. The molecule has 16 heavy (non-hydrogen) atoms. The second kappa shape index (κ2) is 4.44. The minimum atomic E-state index is -0.717. The van der Waals surface area contributed by atoms with Crippen LogP contribution in [-0.2, 0) is 14.3 Å². The van der Waals surface area contributed by atoms with Crippen LogP contribution in [-0.4, -0.2) is 24.6 Å². The van der Waals surface area contributed by atoms with Gasteiger partial charge in [-0.3, -0.25) is 4.79 Å². The highest BCUT2D eigenvalue weighted by molar-refractivity contribution is 5.86. The Kier molecular flexibility index (Phi) is 3.17. The van der Waals surface area contributed by atoms with Crippen LogP contribution >= 0.6 is 0 Å². The maximum absolute atomic E-state index is 11.8. The summed E-state index contributed by atoms with van der Waals surface area (Å²) in [5, 5.41) is 0. The third kappa shape index (κ3) is 2.20. The SMILES string of the molecule is CCOC(=O)OC1CCC2(CCC2)CC1=O. The average molecular weight is 226 g/mol. The molecule has 0 saturated heterocycles. The van der Waals surface area contributed by atoms with Gasteiger partial charge < -0.3 is 9.47 Å². The second-order valence-corrected chi connectivity index (χ2v) is 4.82. The van der Waals surface area contributed by atoms with Crippen LogP contribution in [0.4, 0.5) is 4.79 Å². The number of carbonyl (C=O) groups is 2. The molecule has 0 aromatic rings. The molecule has 4 nitrogen and oxygen atoms in total. The lowest BCUT2D eigenvalue weighted by Gasteiger charge is -2.45. The lowest BCUT2D eigenvalue weighted by molar-refractivity contribution is -0.138. The fourth-order valence-electron chi connectivity index (χ4n) is 2.67. The number of rotatable bonds is 2. The predicted octanol–water partition coefficient (Wildman–Crippen LogP) is 2.45. The largest absolute Gasteiger partial charge is 0.508 e. The molecule has 1 spiro atoms. The van der Waals surface area contributed by atoms with Gasteiger partial charge in [-0.2, -0.15) is 0 Å². The van der Waals surface area contributed by atoms with Gasteiger partial charge in [0.05, 0.1) is 6.61 Å². The number of ketones is 1. The first-order valence-corrected chi connectivity index (χ1v) is 6.01. The molecule has 2 fully saturated rings. The van der Waals surface area contributed by atoms with Crippen molar-refractivity contribution in [3.8, 4) is 0 Å². The molecule has 1 unspecified atom stereocenters. The Morgan fingerprint density at radius 1 is 1.44 bits per heavy atom. The first kappa shape index (κ1) is 11.4. The number of hydrogen-bond donors (Lipinski definition) is 0. The van der Waals surface area contributed by atoms with Crippen molar-refractivity contribution in [1.29, 1.82) is 0 Å². The minimum Gasteiger partial charge on any atom is -0.435 e. The monoisotopic (exact) mass is 226 g/mol. The van der Waals surface area contributed by atoms with Crippen LogP contribution in [0.15, 0.2) is 0 Å². The van der Waals surface area contributed by atoms with Crippen molar-refractivity contribution in [2.45, 2.75) is 51.6 Å². The minimum absolute atomic E-state index is 0.0685. The van der Waals surface area contributed by atoms with Crippen molar-refractivity contribution in [3.05, 3.63) is 0 Å². The summed E-state index contributed by atoms with van der Waals surface area (Å²) in [4.78, 5) is 22.9. The van der Waals surface area contributed by atoms with Gasteiger partial charge in [0.2, 0.25) is 0 Å². The van der Waals surface area contributed by atoms with E-state index in [0.29, 0.717) is 12.8 Å². The molecule has 90 valence electrons. The van der Waals surface area contributed by atoms with Crippen LogP contribution in [0.3, 0.4) is 0 Å². The standard InChI is InChI=1S/C12H18O4/c1-2-15-11(14)16-10-4-7-12(5-3-6-12)8-9(10)13/h10H,2-8H2,1H3. The average Bonchev–Trinajstić information content (AvgIpc) is 2.19. The second-order valence-electron chi connectivity index (χ2n) is 4.82. The van der Waals surface area contributed by atoms with Crippen LogP contribution in [0.25, 0.3) is 0 Å². The van der Waals surface area contributed by atoms with Gasteiger partial charge in [-0.15, -0.1) is 0 Å². The summed E-state index contributed by atoms with van der Waals surface area (Å²) in [6.07, 6.45) is 4.51. The summed E-state index contributed by atoms with van der Waals surface area (Å²) in [5.41, 5.74) is 0.256. The van der Waals surface area contributed by atoms with E-state index in [9.17, 15) is 9.59 Å². The van der Waals surface area contributed by atoms with Crippen molar-refractivity contribution in [2.75, 3.05) is 6.61 Å². The number of Topliss-reactive ketones (excluding diaryl/α,β-unsaturated/α-hetero) is 1. The van der Waals surface area contributed by atoms with Crippen molar-refractivity contribution < 1.29 is 19.1 Å². The normalized spacial score (nSPS) is 27.3. The van der Waals surface area contributed by atoms with Crippen molar-refractivity contribution in [3.63, 3.8) is 0 Å². The highest BCUT2D eigenvalue weighted by Crippen LogP contribution is 2.50. The molecule has 0 N–H and O–H groups in total. The molecule has 2 rings (SSSR count). The molecule has 0 aliphatic heterocycles. The molecule has 0 aromatic carbocycles. The van der Waals surface area contributed by atoms with Crippen molar-refractivity contribution in [2.24, 2.45) is 5.41 Å². The van der Waals surface area contributed by atoms with Crippen LogP contribution < -0.4 is 0 Å². The Morgan fingerprint density at radius 2 is 2.19 bits per heavy atom. The first-order chi connectivity index (χ1) is 7.65. The van der Waals surface area contributed by atoms with Crippen LogP contribution in [0.1, 0.15) is 45.4 Å². The summed E-state index contributed by atoms with van der Waals surface area (Å²) in [6, 6.07) is 0. The third-order valence-electron chi connectivity index (χ3n) is 3.76. The number of hydrogen-bond acceptors (Lipinski definition) is 4. The Balaban J connectivity index is 1.84. The molecule has 2 saturated carbocycles. The summed E-state index contributed by atoms with van der Waals surface area (Å²) in [6.45, 7) is 2.00. The van der Waals surface area contributed by atoms with Gasteiger partial charge in [-0.1, -0.05) is 6.42 Å². The highest BCUT2D eigenvalue weighted by atomic mass is 16.7. The number of carbonyl (C=O) groups excluding carboxylic acids is 2. The van der Waals surface area contributed by atoms with Crippen LogP contribution in [0.5, 0.6) is 0 Å². The van der Waals surface area contributed by atoms with E-state index >= 15 is 0 Å². The summed E-state index contributed by atoms with van der Waals surface area (Å²) in [7, 11) is 0. The van der Waals surface area contributed by atoms with E-state index < -0.39 is 12.3 Å². The van der Waals surface area contributed by atoms with E-state index in [2.05, 4.69) is 4.74 Å². The lowest BCUT2D eigenvalue weighted by Crippen LogP contribution is -2.42. The van der Waals surface area contributed by atoms with Gasteiger partial charge in [0.1, 0.15) is 0 Å². The Morgan fingerprint density at radius 3 is 2.69 bits per heavy atom. The lowest BCUT2D eigenvalue weighted by atomic mass is 9.60. The maximum atomic E-state index is 11.8. The Hall–Kier alpha value is -1.06. The van der Waals surface area contributed by atoms with Gasteiger partial charge in [0.25, 0.3) is 0 Å².